The number of halogens is 2. The fourth-order valence-electron chi connectivity index (χ4n) is 2.59. The first-order valence-electron chi connectivity index (χ1n) is 8.38. The molecule has 3 N–H and O–H groups in total. The molecule has 156 valence electrons. The van der Waals surface area contributed by atoms with Crippen molar-refractivity contribution in [1.29, 1.82) is 0 Å². The van der Waals surface area contributed by atoms with Crippen LogP contribution in [-0.2, 0) is 9.84 Å². The Hall–Kier alpha value is -3.60. The van der Waals surface area contributed by atoms with Crippen LogP contribution in [0.1, 0.15) is 15.9 Å². The Morgan fingerprint density at radius 3 is 2.37 bits per heavy atom. The largest absolute Gasteiger partial charge is 0.496 e. The molecule has 30 heavy (non-hydrogen) atoms. The number of sulfone groups is 1. The summed E-state index contributed by atoms with van der Waals surface area (Å²) in [4.78, 5) is 20.8. The van der Waals surface area contributed by atoms with E-state index in [-0.39, 0.29) is 28.0 Å². The van der Waals surface area contributed by atoms with E-state index in [9.17, 15) is 22.0 Å². The monoisotopic (exact) mass is 434 g/mol. The molecule has 0 radical (unpaired) electrons. The molecule has 1 heterocycles. The number of aromatic nitrogens is 2. The van der Waals surface area contributed by atoms with Gasteiger partial charge in [-0.05, 0) is 36.4 Å². The van der Waals surface area contributed by atoms with Crippen LogP contribution in [0.3, 0.4) is 0 Å². The Morgan fingerprint density at radius 2 is 1.80 bits per heavy atom. The minimum Gasteiger partial charge on any atom is -0.496 e. The Kier molecular flexibility index (Phi) is 5.65. The van der Waals surface area contributed by atoms with Gasteiger partial charge in [0.1, 0.15) is 17.1 Å². The molecule has 2 aromatic carbocycles. The van der Waals surface area contributed by atoms with E-state index in [1.807, 2.05) is 0 Å². The smallest absolute Gasteiger partial charge is 0.229 e. The molecule has 0 saturated heterocycles. The average molecular weight is 434 g/mol. The molecule has 8 nitrogen and oxygen atoms in total. The van der Waals surface area contributed by atoms with Crippen molar-refractivity contribution in [2.45, 2.75) is 4.90 Å². The maximum absolute atomic E-state index is 14.2. The van der Waals surface area contributed by atoms with Crippen molar-refractivity contribution >= 4 is 33.1 Å². The molecule has 0 atom stereocenters. The van der Waals surface area contributed by atoms with Crippen LogP contribution in [0.25, 0.3) is 0 Å². The highest BCUT2D eigenvalue weighted by molar-refractivity contribution is 7.90. The molecule has 0 aliphatic rings. The van der Waals surface area contributed by atoms with Gasteiger partial charge < -0.3 is 15.8 Å². The lowest BCUT2D eigenvalue weighted by Crippen LogP contribution is -2.13. The lowest BCUT2D eigenvalue weighted by molar-refractivity contribution is 0.103. The van der Waals surface area contributed by atoms with E-state index in [0.29, 0.717) is 5.69 Å². The number of anilines is 3. The van der Waals surface area contributed by atoms with Gasteiger partial charge in [0.2, 0.25) is 11.7 Å². The number of hydrogen-bond donors (Lipinski definition) is 2. The lowest BCUT2D eigenvalue weighted by atomic mass is 10.0. The minimum atomic E-state index is -3.34. The fraction of sp³-hybridized carbons (Fsp3) is 0.105. The number of methoxy groups -OCH3 is 1. The van der Waals surface area contributed by atoms with Gasteiger partial charge in [-0.1, -0.05) is 0 Å². The molecule has 1 aromatic heterocycles. The molecular weight excluding hydrogens is 418 g/mol. The van der Waals surface area contributed by atoms with Gasteiger partial charge in [0, 0.05) is 18.1 Å². The fourth-order valence-corrected chi connectivity index (χ4v) is 3.22. The summed E-state index contributed by atoms with van der Waals surface area (Å²) >= 11 is 0. The van der Waals surface area contributed by atoms with Crippen LogP contribution in [0.15, 0.2) is 47.5 Å². The first-order valence-corrected chi connectivity index (χ1v) is 10.3. The summed E-state index contributed by atoms with van der Waals surface area (Å²) in [6.07, 6.45) is 2.16. The van der Waals surface area contributed by atoms with Gasteiger partial charge in [0.25, 0.3) is 0 Å². The highest BCUT2D eigenvalue weighted by Crippen LogP contribution is 2.28. The number of carbonyl (C=O) groups excluding carboxylic acids is 1. The van der Waals surface area contributed by atoms with Gasteiger partial charge >= 0.3 is 0 Å². The predicted molar refractivity (Wildman–Crippen MR) is 106 cm³/mol. The van der Waals surface area contributed by atoms with Gasteiger partial charge in [-0.15, -0.1) is 0 Å². The molecule has 0 amide bonds. The molecule has 0 bridgehead atoms. The molecule has 0 spiro atoms. The second-order valence-electron chi connectivity index (χ2n) is 6.18. The maximum Gasteiger partial charge on any atom is 0.229 e. The molecule has 0 saturated carbocycles. The topological polar surface area (TPSA) is 124 Å². The van der Waals surface area contributed by atoms with E-state index < -0.39 is 32.8 Å². The summed E-state index contributed by atoms with van der Waals surface area (Å²) in [6.45, 7) is 0. The third kappa shape index (κ3) is 4.20. The Balaban J connectivity index is 1.89. The van der Waals surface area contributed by atoms with Crippen LogP contribution in [0.4, 0.5) is 26.2 Å². The number of nitrogens with zero attached hydrogens (tertiary/aromatic N) is 2. The summed E-state index contributed by atoms with van der Waals surface area (Å²) in [5.41, 5.74) is 5.44. The average Bonchev–Trinajstić information content (AvgIpc) is 2.69. The van der Waals surface area contributed by atoms with Crippen molar-refractivity contribution < 1.29 is 26.7 Å². The third-order valence-electron chi connectivity index (χ3n) is 4.11. The molecule has 11 heteroatoms. The number of carbonyl (C=O) groups is 1. The molecule has 3 aromatic rings. The molecule has 0 fully saturated rings. The van der Waals surface area contributed by atoms with Crippen molar-refractivity contribution in [1.82, 2.24) is 9.97 Å². The van der Waals surface area contributed by atoms with E-state index in [4.69, 9.17) is 10.5 Å². The number of ketones is 1. The zero-order valence-corrected chi connectivity index (χ0v) is 16.6. The Bertz CT molecular complexity index is 1230. The molecular formula is C19H16F2N4O4S. The predicted octanol–water partition coefficient (Wildman–Crippen LogP) is 2.72. The normalized spacial score (nSPS) is 11.2. The quantitative estimate of drug-likeness (QED) is 0.568. The van der Waals surface area contributed by atoms with Gasteiger partial charge in [0.05, 0.1) is 17.6 Å². The number of ether oxygens (including phenoxy) is 1. The second-order valence-corrected chi connectivity index (χ2v) is 8.20. The third-order valence-corrected chi connectivity index (χ3v) is 5.23. The minimum absolute atomic E-state index is 0.0165. The number of nitrogens with two attached hydrogens (primary N) is 1. The highest BCUT2D eigenvalue weighted by atomic mass is 32.2. The van der Waals surface area contributed by atoms with Crippen molar-refractivity contribution in [3.63, 3.8) is 0 Å². The zero-order chi connectivity index (χ0) is 22.1. The number of nitrogens with one attached hydrogen (secondary N) is 1. The number of hydrogen-bond acceptors (Lipinski definition) is 8. The van der Waals surface area contributed by atoms with Gasteiger partial charge in [-0.3, -0.25) is 4.79 Å². The lowest BCUT2D eigenvalue weighted by Gasteiger charge is -2.11. The van der Waals surface area contributed by atoms with Crippen LogP contribution in [-0.4, -0.2) is 37.5 Å². The van der Waals surface area contributed by atoms with Crippen LogP contribution in [0.5, 0.6) is 5.75 Å². The van der Waals surface area contributed by atoms with Gasteiger partial charge in [-0.2, -0.15) is 4.98 Å². The van der Waals surface area contributed by atoms with E-state index in [0.717, 1.165) is 24.6 Å². The number of benzene rings is 2. The van der Waals surface area contributed by atoms with Crippen LogP contribution in [0, 0.1) is 11.6 Å². The van der Waals surface area contributed by atoms with E-state index in [2.05, 4.69) is 15.3 Å². The summed E-state index contributed by atoms with van der Waals surface area (Å²) in [5, 5.41) is 2.81. The maximum atomic E-state index is 14.2. The van der Waals surface area contributed by atoms with E-state index in [1.165, 1.54) is 31.4 Å². The number of nitrogen functional groups attached to an aromatic ring is 1. The molecule has 0 aliphatic heterocycles. The second kappa shape index (κ2) is 8.03. The summed E-state index contributed by atoms with van der Waals surface area (Å²) in [7, 11) is -2.12. The summed E-state index contributed by atoms with van der Waals surface area (Å²) in [5.74, 6) is -3.93. The summed E-state index contributed by atoms with van der Waals surface area (Å²) in [6, 6.07) is 7.77. The molecule has 3 rings (SSSR count). The van der Waals surface area contributed by atoms with E-state index in [1.54, 1.807) is 0 Å². The molecule has 0 unspecified atom stereocenters. The number of rotatable bonds is 6. The van der Waals surface area contributed by atoms with E-state index >= 15 is 0 Å². The first-order chi connectivity index (χ1) is 14.1. The van der Waals surface area contributed by atoms with Crippen LogP contribution < -0.4 is 15.8 Å². The highest BCUT2D eigenvalue weighted by Gasteiger charge is 2.25. The van der Waals surface area contributed by atoms with Gasteiger partial charge in [0.15, 0.2) is 21.5 Å². The van der Waals surface area contributed by atoms with Crippen molar-refractivity contribution in [2.24, 2.45) is 0 Å². The zero-order valence-electron chi connectivity index (χ0n) is 15.8. The van der Waals surface area contributed by atoms with Crippen molar-refractivity contribution in [3.05, 3.63) is 65.4 Å². The van der Waals surface area contributed by atoms with Crippen LogP contribution >= 0.6 is 0 Å². The Labute approximate surface area is 170 Å². The first kappa shape index (κ1) is 21.1. The van der Waals surface area contributed by atoms with Gasteiger partial charge in [-0.25, -0.2) is 22.2 Å². The SMILES string of the molecule is COc1ccc(F)c(F)c1C(=O)c1cnc(Nc2ccc(S(C)(=O)=O)cc2)nc1N. The summed E-state index contributed by atoms with van der Waals surface area (Å²) < 4.78 is 55.7. The van der Waals surface area contributed by atoms with Crippen molar-refractivity contribution in [2.75, 3.05) is 24.4 Å². The molecule has 0 aliphatic carbocycles. The van der Waals surface area contributed by atoms with Crippen molar-refractivity contribution in [3.8, 4) is 5.75 Å². The Morgan fingerprint density at radius 1 is 1.13 bits per heavy atom. The standard InChI is InChI=1S/C19H16F2N4O4S/c1-29-14-8-7-13(20)16(21)15(14)17(26)12-9-23-19(25-18(12)22)24-10-3-5-11(6-4-10)30(2,27)28/h3-9H,1-2H3,(H3,22,23,24,25). The van der Waals surface area contributed by atoms with Crippen LogP contribution in [0.2, 0.25) is 0 Å².